The number of nitrogens with zero attached hydrogens (tertiary/aromatic N) is 2. The van der Waals surface area contributed by atoms with Crippen LogP contribution in [0.15, 0.2) is 34.9 Å². The highest BCUT2D eigenvalue weighted by molar-refractivity contribution is 5.20. The zero-order chi connectivity index (χ0) is 12.9. The Morgan fingerprint density at radius 1 is 1.26 bits per heavy atom. The van der Waals surface area contributed by atoms with E-state index in [1.807, 2.05) is 30.3 Å². The van der Waals surface area contributed by atoms with Crippen molar-refractivity contribution >= 4 is 0 Å². The van der Waals surface area contributed by atoms with Crippen molar-refractivity contribution in [2.75, 3.05) is 6.61 Å². The summed E-state index contributed by atoms with van der Waals surface area (Å²) in [6.45, 7) is 1.22. The molecular weight excluding hydrogens is 242 g/mol. The van der Waals surface area contributed by atoms with Gasteiger partial charge in [-0.1, -0.05) is 23.4 Å². The third kappa shape index (κ3) is 3.79. The molecule has 1 fully saturated rings. The van der Waals surface area contributed by atoms with E-state index >= 15 is 0 Å². The van der Waals surface area contributed by atoms with Crippen LogP contribution in [0.4, 0.5) is 0 Å². The first-order valence-electron chi connectivity index (χ1n) is 6.63. The predicted molar refractivity (Wildman–Crippen MR) is 69.8 cm³/mol. The fourth-order valence-corrected chi connectivity index (χ4v) is 1.76. The highest BCUT2D eigenvalue weighted by atomic mass is 16.5. The average Bonchev–Trinajstić information content (AvgIpc) is 3.17. The maximum atomic E-state index is 5.59. The van der Waals surface area contributed by atoms with Crippen LogP contribution >= 0.6 is 0 Å². The van der Waals surface area contributed by atoms with Crippen molar-refractivity contribution in [1.29, 1.82) is 0 Å². The third-order valence-electron chi connectivity index (χ3n) is 2.97. The number of nitrogens with one attached hydrogen (secondary N) is 1. The molecule has 100 valence electrons. The van der Waals surface area contributed by atoms with Crippen molar-refractivity contribution in [2.24, 2.45) is 0 Å². The van der Waals surface area contributed by atoms with Crippen LogP contribution in [0.25, 0.3) is 0 Å². The molecule has 1 aliphatic rings. The number of hydrogen-bond acceptors (Lipinski definition) is 5. The normalized spacial score (nSPS) is 14.5. The summed E-state index contributed by atoms with van der Waals surface area (Å²) in [5.41, 5.74) is 0. The van der Waals surface area contributed by atoms with Crippen molar-refractivity contribution in [1.82, 2.24) is 15.5 Å². The Kier molecular flexibility index (Phi) is 3.74. The fraction of sp³-hybridized carbons (Fsp3) is 0.429. The van der Waals surface area contributed by atoms with E-state index < -0.39 is 0 Å². The van der Waals surface area contributed by atoms with E-state index in [9.17, 15) is 0 Å². The first-order valence-corrected chi connectivity index (χ1v) is 6.63. The van der Waals surface area contributed by atoms with E-state index in [2.05, 4.69) is 15.5 Å². The zero-order valence-corrected chi connectivity index (χ0v) is 10.7. The Bertz CT molecular complexity index is 508. The number of aromatic nitrogens is 2. The van der Waals surface area contributed by atoms with Gasteiger partial charge in [-0.3, -0.25) is 0 Å². The number of hydrogen-bond donors (Lipinski definition) is 1. The second-order valence-electron chi connectivity index (χ2n) is 4.67. The Balaban J connectivity index is 1.42. The summed E-state index contributed by atoms with van der Waals surface area (Å²) in [4.78, 5) is 4.32. The van der Waals surface area contributed by atoms with Crippen LogP contribution in [-0.4, -0.2) is 22.8 Å². The van der Waals surface area contributed by atoms with Crippen molar-refractivity contribution in [3.8, 4) is 5.75 Å². The SMILES string of the molecule is c1ccc(OCCc2noc(CNC3CC3)n2)cc1. The standard InChI is InChI=1S/C14H17N3O2/c1-2-4-12(5-3-1)18-9-8-13-16-14(19-17-13)10-15-11-6-7-11/h1-5,11,15H,6-10H2. The van der Waals surface area contributed by atoms with E-state index in [1.165, 1.54) is 12.8 Å². The number of rotatable bonds is 7. The molecule has 0 radical (unpaired) electrons. The zero-order valence-electron chi connectivity index (χ0n) is 10.7. The van der Waals surface area contributed by atoms with Crippen LogP contribution in [-0.2, 0) is 13.0 Å². The molecule has 5 heteroatoms. The van der Waals surface area contributed by atoms with Gasteiger partial charge in [-0.2, -0.15) is 4.98 Å². The molecule has 0 atom stereocenters. The summed E-state index contributed by atoms with van der Waals surface area (Å²) in [6.07, 6.45) is 3.17. The molecule has 5 nitrogen and oxygen atoms in total. The lowest BCUT2D eigenvalue weighted by Crippen LogP contribution is -2.15. The quantitative estimate of drug-likeness (QED) is 0.823. The molecule has 0 amide bonds. The minimum Gasteiger partial charge on any atom is -0.493 e. The Morgan fingerprint density at radius 3 is 2.89 bits per heavy atom. The van der Waals surface area contributed by atoms with E-state index in [0.717, 1.165) is 5.75 Å². The Hall–Kier alpha value is -1.88. The maximum Gasteiger partial charge on any atom is 0.240 e. The fourth-order valence-electron chi connectivity index (χ4n) is 1.76. The molecule has 1 aromatic heterocycles. The largest absolute Gasteiger partial charge is 0.493 e. The lowest BCUT2D eigenvalue weighted by Gasteiger charge is -2.02. The molecule has 1 saturated carbocycles. The molecule has 2 aromatic rings. The molecule has 0 spiro atoms. The van der Waals surface area contributed by atoms with Gasteiger partial charge in [0.15, 0.2) is 5.82 Å². The predicted octanol–water partition coefficient (Wildman–Crippen LogP) is 1.94. The molecule has 0 aliphatic heterocycles. The number of para-hydroxylation sites is 1. The second kappa shape index (κ2) is 5.84. The molecule has 3 rings (SSSR count). The molecule has 1 aliphatic carbocycles. The maximum absolute atomic E-state index is 5.59. The van der Waals surface area contributed by atoms with Crippen LogP contribution in [0.1, 0.15) is 24.6 Å². The number of benzene rings is 1. The van der Waals surface area contributed by atoms with Crippen LogP contribution in [0.2, 0.25) is 0 Å². The van der Waals surface area contributed by atoms with E-state index in [4.69, 9.17) is 9.26 Å². The van der Waals surface area contributed by atoms with Gasteiger partial charge in [0.25, 0.3) is 0 Å². The summed E-state index contributed by atoms with van der Waals surface area (Å²) in [7, 11) is 0. The summed E-state index contributed by atoms with van der Waals surface area (Å²) in [6, 6.07) is 10.4. The van der Waals surface area contributed by atoms with Crippen molar-refractivity contribution in [2.45, 2.75) is 31.8 Å². The minimum atomic E-state index is 0.555. The monoisotopic (exact) mass is 259 g/mol. The van der Waals surface area contributed by atoms with Gasteiger partial charge in [0.2, 0.25) is 5.89 Å². The van der Waals surface area contributed by atoms with Crippen molar-refractivity contribution in [3.63, 3.8) is 0 Å². The summed E-state index contributed by atoms with van der Waals surface area (Å²) in [5, 5.41) is 7.28. The summed E-state index contributed by atoms with van der Waals surface area (Å²) < 4.78 is 10.8. The molecule has 1 N–H and O–H groups in total. The highest BCUT2D eigenvalue weighted by Crippen LogP contribution is 2.19. The topological polar surface area (TPSA) is 60.2 Å². The van der Waals surface area contributed by atoms with Gasteiger partial charge in [-0.05, 0) is 25.0 Å². The lowest BCUT2D eigenvalue weighted by molar-refractivity contribution is 0.313. The molecule has 0 bridgehead atoms. The first kappa shape index (κ1) is 12.2. The minimum absolute atomic E-state index is 0.555. The van der Waals surface area contributed by atoms with E-state index in [-0.39, 0.29) is 0 Å². The molecule has 19 heavy (non-hydrogen) atoms. The van der Waals surface area contributed by atoms with Gasteiger partial charge in [-0.15, -0.1) is 0 Å². The molecule has 0 unspecified atom stereocenters. The smallest absolute Gasteiger partial charge is 0.240 e. The highest BCUT2D eigenvalue weighted by Gasteiger charge is 2.21. The summed E-state index contributed by atoms with van der Waals surface area (Å²) in [5.74, 6) is 2.21. The van der Waals surface area contributed by atoms with Crippen molar-refractivity contribution < 1.29 is 9.26 Å². The molecular formula is C14H17N3O2. The van der Waals surface area contributed by atoms with Crippen LogP contribution < -0.4 is 10.1 Å². The van der Waals surface area contributed by atoms with Gasteiger partial charge in [-0.25, -0.2) is 0 Å². The lowest BCUT2D eigenvalue weighted by atomic mass is 10.3. The Morgan fingerprint density at radius 2 is 2.11 bits per heavy atom. The molecule has 0 saturated heterocycles. The van der Waals surface area contributed by atoms with E-state index in [1.54, 1.807) is 0 Å². The third-order valence-corrected chi connectivity index (χ3v) is 2.97. The van der Waals surface area contributed by atoms with Gasteiger partial charge in [0, 0.05) is 12.5 Å². The van der Waals surface area contributed by atoms with Gasteiger partial charge in [0.05, 0.1) is 13.2 Å². The van der Waals surface area contributed by atoms with Crippen LogP contribution in [0.3, 0.4) is 0 Å². The number of ether oxygens (including phenoxy) is 1. The Labute approximate surface area is 112 Å². The first-order chi connectivity index (χ1) is 9.40. The van der Waals surface area contributed by atoms with Gasteiger partial charge in [0.1, 0.15) is 5.75 Å². The van der Waals surface area contributed by atoms with Crippen LogP contribution in [0.5, 0.6) is 5.75 Å². The van der Waals surface area contributed by atoms with Gasteiger partial charge >= 0.3 is 0 Å². The van der Waals surface area contributed by atoms with Crippen LogP contribution in [0, 0.1) is 0 Å². The average molecular weight is 259 g/mol. The van der Waals surface area contributed by atoms with Gasteiger partial charge < -0.3 is 14.6 Å². The van der Waals surface area contributed by atoms with Crippen molar-refractivity contribution in [3.05, 3.63) is 42.0 Å². The molecule has 1 aromatic carbocycles. The second-order valence-corrected chi connectivity index (χ2v) is 4.67. The molecule has 1 heterocycles. The van der Waals surface area contributed by atoms with E-state index in [0.29, 0.717) is 37.3 Å². The summed E-state index contributed by atoms with van der Waals surface area (Å²) >= 11 is 0.